The molecule has 0 aliphatic rings. The van der Waals surface area contributed by atoms with E-state index in [1.54, 1.807) is 0 Å². The van der Waals surface area contributed by atoms with Gasteiger partial charge in [0.1, 0.15) is 0 Å². The van der Waals surface area contributed by atoms with Crippen LogP contribution in [0.4, 0.5) is 8.78 Å². The van der Waals surface area contributed by atoms with Crippen LogP contribution in [0.5, 0.6) is 11.8 Å². The largest absolute Gasteiger partial charge is 0.481 e. The molecule has 0 saturated heterocycles. The first kappa shape index (κ1) is 13.9. The number of halogens is 3. The Hall–Kier alpha value is -1.15. The van der Waals surface area contributed by atoms with Gasteiger partial charge in [0, 0.05) is 22.3 Å². The summed E-state index contributed by atoms with van der Waals surface area (Å²) < 4.78 is 57.1. The van der Waals surface area contributed by atoms with E-state index in [0.717, 1.165) is 13.2 Å². The smallest absolute Gasteiger partial charge is 0.267 e. The summed E-state index contributed by atoms with van der Waals surface area (Å²) in [5, 5.41) is 0. The first-order valence-corrected chi connectivity index (χ1v) is 6.48. The highest BCUT2D eigenvalue weighted by Crippen LogP contribution is 2.36. The molecule has 1 rings (SSSR count). The molecule has 0 N–H and O–H groups in total. The van der Waals surface area contributed by atoms with Gasteiger partial charge in [-0.2, -0.15) is 4.98 Å². The second-order valence-corrected chi connectivity index (χ2v) is 5.33. The zero-order chi connectivity index (χ0) is 13.2. The monoisotopic (exact) mass is 287 g/mol. The van der Waals surface area contributed by atoms with Crippen molar-refractivity contribution < 1.29 is 26.7 Å². The number of hydrogen-bond acceptors (Lipinski definition) is 5. The fourth-order valence-corrected chi connectivity index (χ4v) is 2.39. The second kappa shape index (κ2) is 5.01. The first-order chi connectivity index (χ1) is 7.81. The summed E-state index contributed by atoms with van der Waals surface area (Å²) >= 11 is 0. The topological polar surface area (TPSA) is 65.5 Å². The molecule has 0 radical (unpaired) electrons. The molecule has 0 saturated carbocycles. The normalized spacial score (nSPS) is 11.6. The maximum atomic E-state index is 12.7. The Kier molecular flexibility index (Phi) is 4.10. The molecule has 1 aromatic heterocycles. The third kappa shape index (κ3) is 2.95. The van der Waals surface area contributed by atoms with Crippen molar-refractivity contribution >= 4 is 19.7 Å². The molecule has 0 aromatic carbocycles. The van der Waals surface area contributed by atoms with Gasteiger partial charge >= 0.3 is 0 Å². The maximum Gasteiger partial charge on any atom is 0.267 e. The third-order valence-electron chi connectivity index (χ3n) is 1.83. The molecule has 17 heavy (non-hydrogen) atoms. The van der Waals surface area contributed by atoms with Gasteiger partial charge in [-0.3, -0.25) is 0 Å². The molecule has 0 amide bonds. The molecule has 5 nitrogen and oxygen atoms in total. The van der Waals surface area contributed by atoms with E-state index in [1.807, 2.05) is 0 Å². The van der Waals surface area contributed by atoms with Crippen molar-refractivity contribution in [3.05, 3.63) is 11.6 Å². The van der Waals surface area contributed by atoms with Crippen LogP contribution in [0.15, 0.2) is 11.0 Å². The molecule has 9 heteroatoms. The highest BCUT2D eigenvalue weighted by molar-refractivity contribution is 8.13. The van der Waals surface area contributed by atoms with Crippen LogP contribution in [0.25, 0.3) is 0 Å². The van der Waals surface area contributed by atoms with E-state index in [2.05, 4.69) is 14.5 Å². The van der Waals surface area contributed by atoms with Gasteiger partial charge < -0.3 is 9.47 Å². The van der Waals surface area contributed by atoms with E-state index < -0.39 is 31.8 Å². The van der Waals surface area contributed by atoms with Crippen molar-refractivity contribution in [3.8, 4) is 11.8 Å². The molecule has 0 unspecified atom stereocenters. The number of ether oxygens (including phenoxy) is 2. The van der Waals surface area contributed by atoms with Crippen molar-refractivity contribution in [2.75, 3.05) is 14.2 Å². The second-order valence-electron chi connectivity index (χ2n) is 2.83. The minimum atomic E-state index is -4.40. The molecule has 0 atom stereocenters. The van der Waals surface area contributed by atoms with Crippen LogP contribution < -0.4 is 9.47 Å². The van der Waals surface area contributed by atoms with Gasteiger partial charge in [-0.25, -0.2) is 17.2 Å². The molecular formula is C8H8ClF2NO4S. The molecule has 1 aromatic rings. The Morgan fingerprint density at radius 1 is 1.35 bits per heavy atom. The number of hydrogen-bond donors (Lipinski definition) is 0. The lowest BCUT2D eigenvalue weighted by Gasteiger charge is -2.11. The Labute approximate surface area is 101 Å². The number of methoxy groups -OCH3 is 2. The summed E-state index contributed by atoms with van der Waals surface area (Å²) in [6, 6.07) is 0.794. The van der Waals surface area contributed by atoms with Gasteiger partial charge in [0.15, 0.2) is 4.90 Å². The van der Waals surface area contributed by atoms with Gasteiger partial charge in [-0.05, 0) is 0 Å². The Bertz CT molecular complexity index is 521. The molecule has 0 spiro atoms. The number of pyridine rings is 1. The molecule has 1 heterocycles. The Morgan fingerprint density at radius 2 is 1.94 bits per heavy atom. The highest BCUT2D eigenvalue weighted by atomic mass is 35.7. The Balaban J connectivity index is 3.65. The minimum absolute atomic E-state index is 0.193. The van der Waals surface area contributed by atoms with Gasteiger partial charge in [-0.15, -0.1) is 0 Å². The van der Waals surface area contributed by atoms with E-state index in [4.69, 9.17) is 10.7 Å². The molecule has 0 fully saturated rings. The molecular weight excluding hydrogens is 280 g/mol. The number of aromatic nitrogens is 1. The average molecular weight is 288 g/mol. The Morgan fingerprint density at radius 3 is 2.29 bits per heavy atom. The van der Waals surface area contributed by atoms with Gasteiger partial charge in [0.05, 0.1) is 14.2 Å². The van der Waals surface area contributed by atoms with Crippen molar-refractivity contribution in [2.24, 2.45) is 0 Å². The standard InChI is InChI=1S/C8H8ClF2NO4S/c1-15-5-3-4(7(10)11)6(17(9,13)14)8(12-5)16-2/h3,7H,1-2H3. The fourth-order valence-electron chi connectivity index (χ4n) is 1.16. The maximum absolute atomic E-state index is 12.7. The van der Waals surface area contributed by atoms with Crippen LogP contribution in [0, 0.1) is 0 Å². The van der Waals surface area contributed by atoms with Gasteiger partial charge in [0.25, 0.3) is 15.5 Å². The van der Waals surface area contributed by atoms with Crippen LogP contribution >= 0.6 is 10.7 Å². The number of alkyl halides is 2. The minimum Gasteiger partial charge on any atom is -0.481 e. The van der Waals surface area contributed by atoms with Crippen molar-refractivity contribution in [1.29, 1.82) is 0 Å². The summed E-state index contributed by atoms with van der Waals surface area (Å²) in [5.41, 5.74) is -0.816. The fraction of sp³-hybridized carbons (Fsp3) is 0.375. The quantitative estimate of drug-likeness (QED) is 0.792. The van der Waals surface area contributed by atoms with Crippen LogP contribution in [0.2, 0.25) is 0 Å². The van der Waals surface area contributed by atoms with Crippen molar-refractivity contribution in [2.45, 2.75) is 11.3 Å². The lowest BCUT2D eigenvalue weighted by molar-refractivity contribution is 0.146. The molecule has 0 aliphatic carbocycles. The van der Waals surface area contributed by atoms with E-state index in [9.17, 15) is 17.2 Å². The van der Waals surface area contributed by atoms with Crippen molar-refractivity contribution in [3.63, 3.8) is 0 Å². The lowest BCUT2D eigenvalue weighted by Crippen LogP contribution is -2.05. The zero-order valence-electron chi connectivity index (χ0n) is 8.78. The zero-order valence-corrected chi connectivity index (χ0v) is 10.3. The summed E-state index contributed by atoms with van der Waals surface area (Å²) in [6.45, 7) is 0. The predicted molar refractivity (Wildman–Crippen MR) is 55.3 cm³/mol. The summed E-state index contributed by atoms with van der Waals surface area (Å²) in [5.74, 6) is -0.726. The van der Waals surface area contributed by atoms with E-state index >= 15 is 0 Å². The van der Waals surface area contributed by atoms with E-state index in [-0.39, 0.29) is 5.88 Å². The molecule has 0 aliphatic heterocycles. The van der Waals surface area contributed by atoms with Crippen LogP contribution in [0.3, 0.4) is 0 Å². The van der Waals surface area contributed by atoms with Crippen LogP contribution in [-0.2, 0) is 9.05 Å². The molecule has 96 valence electrons. The SMILES string of the molecule is COc1cc(C(F)F)c(S(=O)(=O)Cl)c(OC)n1. The summed E-state index contributed by atoms with van der Waals surface area (Å²) in [4.78, 5) is 2.73. The average Bonchev–Trinajstić information content (AvgIpc) is 2.25. The van der Waals surface area contributed by atoms with Gasteiger partial charge in [0.2, 0.25) is 11.8 Å². The van der Waals surface area contributed by atoms with Crippen LogP contribution in [0.1, 0.15) is 12.0 Å². The number of nitrogens with zero attached hydrogens (tertiary/aromatic N) is 1. The lowest BCUT2D eigenvalue weighted by atomic mass is 10.2. The first-order valence-electron chi connectivity index (χ1n) is 4.17. The highest BCUT2D eigenvalue weighted by Gasteiger charge is 2.29. The predicted octanol–water partition coefficient (Wildman–Crippen LogP) is 1.96. The number of rotatable bonds is 4. The third-order valence-corrected chi connectivity index (χ3v) is 3.19. The molecule has 0 bridgehead atoms. The summed E-state index contributed by atoms with van der Waals surface area (Å²) in [7, 11) is 2.95. The van der Waals surface area contributed by atoms with Gasteiger partial charge in [-0.1, -0.05) is 0 Å². The van der Waals surface area contributed by atoms with E-state index in [1.165, 1.54) is 7.11 Å². The van der Waals surface area contributed by atoms with Crippen molar-refractivity contribution in [1.82, 2.24) is 4.98 Å². The van der Waals surface area contributed by atoms with Crippen LogP contribution in [-0.4, -0.2) is 27.6 Å². The summed E-state index contributed by atoms with van der Waals surface area (Å²) in [6.07, 6.45) is -3.05. The van der Waals surface area contributed by atoms with E-state index in [0.29, 0.717) is 0 Å².